The van der Waals surface area contributed by atoms with E-state index in [1.807, 2.05) is 57.2 Å². The van der Waals surface area contributed by atoms with Gasteiger partial charge in [-0.2, -0.15) is 5.10 Å². The highest BCUT2D eigenvalue weighted by Crippen LogP contribution is 2.22. The largest absolute Gasteiger partial charge is 0.322 e. The molecule has 0 saturated carbocycles. The Bertz CT molecular complexity index is 823. The SMILES string of the molecule is CCC1C(=O)NC(n2nc(C)cc2NC(=O)CCSc2ccccc2)NC1C. The average Bonchev–Trinajstić information content (AvgIpc) is 3.02. The fraction of sp³-hybridized carbons (Fsp3) is 0.450. The predicted molar refractivity (Wildman–Crippen MR) is 111 cm³/mol. The molecule has 2 amide bonds. The van der Waals surface area contributed by atoms with Gasteiger partial charge >= 0.3 is 0 Å². The van der Waals surface area contributed by atoms with Gasteiger partial charge in [0.2, 0.25) is 11.8 Å². The second-order valence-corrected chi connectivity index (χ2v) is 8.12. The van der Waals surface area contributed by atoms with Crippen LogP contribution in [0.1, 0.15) is 38.7 Å². The van der Waals surface area contributed by atoms with Crippen molar-refractivity contribution in [2.45, 2.75) is 50.8 Å². The number of aromatic nitrogens is 2. The highest BCUT2D eigenvalue weighted by molar-refractivity contribution is 7.99. The number of rotatable bonds is 7. The molecular weight excluding hydrogens is 374 g/mol. The summed E-state index contributed by atoms with van der Waals surface area (Å²) in [6.07, 6.45) is 0.684. The van der Waals surface area contributed by atoms with Gasteiger partial charge in [-0.25, -0.2) is 4.68 Å². The molecule has 1 aliphatic heterocycles. The molecule has 2 aromatic rings. The molecule has 28 heavy (non-hydrogen) atoms. The normalized spacial score (nSPS) is 22.0. The summed E-state index contributed by atoms with van der Waals surface area (Å²) in [5.41, 5.74) is 0.773. The third-order valence-corrected chi connectivity index (χ3v) is 5.80. The average molecular weight is 402 g/mol. The summed E-state index contributed by atoms with van der Waals surface area (Å²) in [5, 5.41) is 13.7. The third kappa shape index (κ3) is 4.94. The van der Waals surface area contributed by atoms with Crippen molar-refractivity contribution in [1.29, 1.82) is 0 Å². The van der Waals surface area contributed by atoms with Crippen LogP contribution in [-0.4, -0.2) is 33.4 Å². The van der Waals surface area contributed by atoms with Crippen molar-refractivity contribution in [2.24, 2.45) is 5.92 Å². The molecule has 0 bridgehead atoms. The summed E-state index contributed by atoms with van der Waals surface area (Å²) < 4.78 is 1.64. The topological polar surface area (TPSA) is 88.1 Å². The summed E-state index contributed by atoms with van der Waals surface area (Å²) in [5.74, 6) is 1.12. The van der Waals surface area contributed by atoms with Gasteiger partial charge in [0.1, 0.15) is 5.82 Å². The Labute approximate surface area is 169 Å². The molecule has 7 nitrogen and oxygen atoms in total. The minimum atomic E-state index is -0.479. The van der Waals surface area contributed by atoms with E-state index in [2.05, 4.69) is 21.0 Å². The molecule has 3 N–H and O–H groups in total. The number of anilines is 1. The lowest BCUT2D eigenvalue weighted by Crippen LogP contribution is -2.57. The Morgan fingerprint density at radius 1 is 1.32 bits per heavy atom. The highest BCUT2D eigenvalue weighted by atomic mass is 32.2. The molecule has 3 atom stereocenters. The van der Waals surface area contributed by atoms with Gasteiger partial charge in [0.05, 0.1) is 11.6 Å². The fourth-order valence-corrected chi connectivity index (χ4v) is 4.21. The van der Waals surface area contributed by atoms with Crippen molar-refractivity contribution in [3.63, 3.8) is 0 Å². The number of nitrogens with zero attached hydrogens (tertiary/aromatic N) is 2. The molecule has 2 heterocycles. The first-order valence-electron chi connectivity index (χ1n) is 9.58. The molecular formula is C20H27N5O2S. The Hall–Kier alpha value is -2.32. The van der Waals surface area contributed by atoms with Gasteiger partial charge in [-0.3, -0.25) is 14.9 Å². The van der Waals surface area contributed by atoms with E-state index in [0.29, 0.717) is 18.0 Å². The lowest BCUT2D eigenvalue weighted by atomic mass is 9.95. The van der Waals surface area contributed by atoms with Gasteiger partial charge in [0, 0.05) is 29.2 Å². The van der Waals surface area contributed by atoms with Crippen LogP contribution in [0.25, 0.3) is 0 Å². The molecule has 0 radical (unpaired) electrons. The van der Waals surface area contributed by atoms with Gasteiger partial charge in [0.25, 0.3) is 0 Å². The van der Waals surface area contributed by atoms with Crippen LogP contribution >= 0.6 is 11.8 Å². The number of carbonyl (C=O) groups is 2. The summed E-state index contributed by atoms with van der Waals surface area (Å²) in [6, 6.07) is 11.8. The van der Waals surface area contributed by atoms with E-state index in [1.165, 1.54) is 0 Å². The Balaban J connectivity index is 1.60. The number of hydrogen-bond acceptors (Lipinski definition) is 5. The van der Waals surface area contributed by atoms with Crippen molar-refractivity contribution in [3.05, 3.63) is 42.1 Å². The second-order valence-electron chi connectivity index (χ2n) is 6.96. The first kappa shape index (κ1) is 20.4. The summed E-state index contributed by atoms with van der Waals surface area (Å²) in [7, 11) is 0. The Morgan fingerprint density at radius 2 is 2.07 bits per heavy atom. The van der Waals surface area contributed by atoms with Crippen LogP contribution in [0.15, 0.2) is 41.3 Å². The zero-order valence-electron chi connectivity index (χ0n) is 16.4. The van der Waals surface area contributed by atoms with E-state index < -0.39 is 6.29 Å². The lowest BCUT2D eigenvalue weighted by molar-refractivity contribution is -0.130. The van der Waals surface area contributed by atoms with E-state index in [-0.39, 0.29) is 23.8 Å². The molecule has 1 saturated heterocycles. The molecule has 0 spiro atoms. The number of amides is 2. The monoisotopic (exact) mass is 401 g/mol. The molecule has 1 aromatic carbocycles. The summed E-state index contributed by atoms with van der Waals surface area (Å²) >= 11 is 1.65. The number of nitrogens with one attached hydrogen (secondary N) is 3. The van der Waals surface area contributed by atoms with Crippen molar-refractivity contribution in [1.82, 2.24) is 20.4 Å². The number of carbonyl (C=O) groups excluding carboxylic acids is 2. The molecule has 1 aliphatic rings. The van der Waals surface area contributed by atoms with E-state index in [9.17, 15) is 9.59 Å². The molecule has 3 rings (SSSR count). The molecule has 0 aliphatic carbocycles. The predicted octanol–water partition coefficient (Wildman–Crippen LogP) is 2.90. The van der Waals surface area contributed by atoms with Crippen LogP contribution in [-0.2, 0) is 9.59 Å². The zero-order valence-corrected chi connectivity index (χ0v) is 17.3. The number of benzene rings is 1. The van der Waals surface area contributed by atoms with Crippen LogP contribution in [0.3, 0.4) is 0 Å². The molecule has 1 aromatic heterocycles. The molecule has 150 valence electrons. The van der Waals surface area contributed by atoms with E-state index in [1.54, 1.807) is 16.4 Å². The number of hydrogen-bond donors (Lipinski definition) is 3. The van der Waals surface area contributed by atoms with E-state index in [4.69, 9.17) is 0 Å². The van der Waals surface area contributed by atoms with E-state index in [0.717, 1.165) is 17.0 Å². The third-order valence-electron chi connectivity index (χ3n) is 4.79. The van der Waals surface area contributed by atoms with Crippen molar-refractivity contribution < 1.29 is 9.59 Å². The molecule has 3 unspecified atom stereocenters. The first-order valence-corrected chi connectivity index (χ1v) is 10.6. The standard InChI is InChI=1S/C20H27N5O2S/c1-4-16-14(3)21-20(23-19(16)27)25-17(12-13(2)24-25)22-18(26)10-11-28-15-8-6-5-7-9-15/h5-9,12,14,16,20-21H,4,10-11H2,1-3H3,(H,22,26)(H,23,27). The van der Waals surface area contributed by atoms with Crippen LogP contribution in [0.5, 0.6) is 0 Å². The van der Waals surface area contributed by atoms with Crippen molar-refractivity contribution in [2.75, 3.05) is 11.1 Å². The molecule has 1 fully saturated rings. The van der Waals surface area contributed by atoms with Crippen LogP contribution < -0.4 is 16.0 Å². The first-order chi connectivity index (χ1) is 13.5. The maximum Gasteiger partial charge on any atom is 0.227 e. The van der Waals surface area contributed by atoms with Gasteiger partial charge in [-0.15, -0.1) is 11.8 Å². The summed E-state index contributed by atoms with van der Waals surface area (Å²) in [4.78, 5) is 25.9. The minimum Gasteiger partial charge on any atom is -0.322 e. The maximum atomic E-state index is 12.4. The van der Waals surface area contributed by atoms with E-state index >= 15 is 0 Å². The van der Waals surface area contributed by atoms with Crippen molar-refractivity contribution in [3.8, 4) is 0 Å². The Morgan fingerprint density at radius 3 is 2.75 bits per heavy atom. The summed E-state index contributed by atoms with van der Waals surface area (Å²) in [6.45, 7) is 5.86. The highest BCUT2D eigenvalue weighted by Gasteiger charge is 2.34. The quantitative estimate of drug-likeness (QED) is 0.621. The smallest absolute Gasteiger partial charge is 0.227 e. The molecule has 8 heteroatoms. The van der Waals surface area contributed by atoms with Crippen LogP contribution in [0, 0.1) is 12.8 Å². The number of aryl methyl sites for hydroxylation is 1. The fourth-order valence-electron chi connectivity index (χ4n) is 3.34. The van der Waals surface area contributed by atoms with Gasteiger partial charge in [-0.05, 0) is 32.4 Å². The lowest BCUT2D eigenvalue weighted by Gasteiger charge is -2.35. The van der Waals surface area contributed by atoms with Gasteiger partial charge in [-0.1, -0.05) is 25.1 Å². The number of thioether (sulfide) groups is 1. The van der Waals surface area contributed by atoms with Gasteiger partial charge in [0.15, 0.2) is 6.29 Å². The van der Waals surface area contributed by atoms with Crippen molar-refractivity contribution >= 4 is 29.4 Å². The maximum absolute atomic E-state index is 12.4. The second kappa shape index (κ2) is 9.25. The van der Waals surface area contributed by atoms with Crippen LogP contribution in [0.4, 0.5) is 5.82 Å². The minimum absolute atomic E-state index is 0.00319. The Kier molecular flexibility index (Phi) is 6.74. The zero-order chi connectivity index (χ0) is 20.1. The van der Waals surface area contributed by atoms with Gasteiger partial charge < -0.3 is 10.6 Å². The van der Waals surface area contributed by atoms with Crippen LogP contribution in [0.2, 0.25) is 0 Å².